The van der Waals surface area contributed by atoms with E-state index in [1.54, 1.807) is 0 Å². The summed E-state index contributed by atoms with van der Waals surface area (Å²) in [6, 6.07) is 29.1. The monoisotopic (exact) mass is 620 g/mol. The molecule has 0 saturated heterocycles. The average Bonchev–Trinajstić information content (AvgIpc) is 3.85. The van der Waals surface area contributed by atoms with Gasteiger partial charge < -0.3 is 9.97 Å². The number of benzene rings is 4. The third-order valence-electron chi connectivity index (χ3n) is 8.82. The molecule has 0 saturated carbocycles. The van der Waals surface area contributed by atoms with Gasteiger partial charge in [0, 0.05) is 49.4 Å². The zero-order chi connectivity index (χ0) is 31.9. The van der Waals surface area contributed by atoms with E-state index in [1.165, 1.54) is 18.2 Å². The molecule has 10 nitrogen and oxygen atoms in total. The van der Waals surface area contributed by atoms with Crippen LogP contribution in [0.15, 0.2) is 109 Å². The fourth-order valence-electron chi connectivity index (χ4n) is 6.63. The lowest BCUT2D eigenvalue weighted by molar-refractivity contribution is -0.113. The predicted octanol–water partition coefficient (Wildman–Crippen LogP) is 6.96. The first-order chi connectivity index (χ1) is 23.6. The van der Waals surface area contributed by atoms with Gasteiger partial charge in [-0.3, -0.25) is 9.59 Å². The molecule has 0 fully saturated rings. The van der Waals surface area contributed by atoms with E-state index in [2.05, 4.69) is 9.97 Å². The van der Waals surface area contributed by atoms with E-state index in [-0.39, 0.29) is 17.1 Å². The fourth-order valence-corrected chi connectivity index (χ4v) is 6.63. The molecule has 0 amide bonds. The summed E-state index contributed by atoms with van der Waals surface area (Å²) in [5, 5.41) is 3.13. The Morgan fingerprint density at radius 1 is 0.417 bits per heavy atom. The van der Waals surface area contributed by atoms with Gasteiger partial charge >= 0.3 is 0 Å². The van der Waals surface area contributed by atoms with E-state index in [0.29, 0.717) is 62.2 Å². The lowest BCUT2D eigenvalue weighted by Crippen LogP contribution is -2.06. The molecule has 3 aromatic heterocycles. The summed E-state index contributed by atoms with van der Waals surface area (Å²) in [4.78, 5) is 62.4. The molecule has 0 spiro atoms. The molecule has 8 bridgehead atoms. The number of rotatable bonds is 1. The first-order valence-electron chi connectivity index (χ1n) is 15.3. The number of nitrogens with zero attached hydrogens (tertiary/aromatic N) is 6. The Morgan fingerprint density at radius 2 is 0.854 bits per heavy atom. The molecule has 2 aliphatic heterocycles. The van der Waals surface area contributed by atoms with Crippen LogP contribution < -0.4 is 0 Å². The summed E-state index contributed by atoms with van der Waals surface area (Å²) in [5.41, 5.74) is 6.31. The molecule has 10 rings (SSSR count). The normalized spacial score (nSPS) is 13.5. The number of allylic oxidation sites excluding steroid dienone is 4. The molecule has 5 heterocycles. The van der Waals surface area contributed by atoms with Crippen molar-refractivity contribution in [3.63, 3.8) is 0 Å². The maximum atomic E-state index is 13.1. The van der Waals surface area contributed by atoms with Gasteiger partial charge in [-0.1, -0.05) is 91.0 Å². The minimum Gasteiger partial charge on any atom is -0.324 e. The molecule has 0 radical (unpaired) electrons. The second-order valence-electron chi connectivity index (χ2n) is 11.6. The molecule has 10 heteroatoms. The smallest absolute Gasteiger partial charge is 0.186 e. The molecule has 0 unspecified atom stereocenters. The van der Waals surface area contributed by atoms with Crippen molar-refractivity contribution < 1.29 is 9.59 Å². The molecule has 7 aromatic rings. The largest absolute Gasteiger partial charge is 0.324 e. The molecule has 1 aliphatic carbocycles. The maximum Gasteiger partial charge on any atom is 0.186 e. The predicted molar refractivity (Wildman–Crippen MR) is 183 cm³/mol. The molecule has 4 aromatic carbocycles. The van der Waals surface area contributed by atoms with Crippen LogP contribution in [-0.2, 0) is 9.59 Å². The van der Waals surface area contributed by atoms with Crippen molar-refractivity contribution in [2.45, 2.75) is 0 Å². The number of H-pyrrole nitrogens is 2. The number of fused-ring (bicyclic) bond motifs is 20. The summed E-state index contributed by atoms with van der Waals surface area (Å²) in [6.45, 7) is 0. The minimum atomic E-state index is -0.267. The molecule has 3 aliphatic rings. The highest BCUT2D eigenvalue weighted by Gasteiger charge is 2.24. The van der Waals surface area contributed by atoms with Gasteiger partial charge in [0.15, 0.2) is 34.9 Å². The summed E-state index contributed by atoms with van der Waals surface area (Å²) < 4.78 is 0. The van der Waals surface area contributed by atoms with Gasteiger partial charge in [-0.2, -0.15) is 0 Å². The topological polar surface area (TPSA) is 143 Å². The van der Waals surface area contributed by atoms with Crippen LogP contribution >= 0.6 is 0 Å². The van der Waals surface area contributed by atoms with Crippen molar-refractivity contribution in [1.82, 2.24) is 39.9 Å². The van der Waals surface area contributed by atoms with Crippen molar-refractivity contribution in [3.8, 4) is 45.6 Å². The lowest BCUT2D eigenvalue weighted by Gasteiger charge is -2.08. The van der Waals surface area contributed by atoms with Crippen LogP contribution in [-0.4, -0.2) is 51.4 Å². The Kier molecular flexibility index (Phi) is 5.36. The summed E-state index contributed by atoms with van der Waals surface area (Å²) in [6.07, 6.45) is 3.94. The average molecular weight is 621 g/mol. The van der Waals surface area contributed by atoms with Crippen LogP contribution in [0.3, 0.4) is 0 Å². The van der Waals surface area contributed by atoms with Gasteiger partial charge in [0.25, 0.3) is 0 Å². The summed E-state index contributed by atoms with van der Waals surface area (Å²) in [7, 11) is 0. The molecular formula is C38H20N8O2. The minimum absolute atomic E-state index is 0.260. The van der Waals surface area contributed by atoms with Crippen LogP contribution in [0.25, 0.3) is 95.3 Å². The quantitative estimate of drug-likeness (QED) is 0.188. The first kappa shape index (κ1) is 26.3. The SMILES string of the molecule is O=C1C=CC(=O)C(c2cccc3c4nc5nc(nc6[nH]c(nc7nc(nc([nH]4)c23)-c2ccccc2-7)c2ccccc62)-c2ccccc2-5)=C1. The molecule has 2 N–H and O–H groups in total. The van der Waals surface area contributed by atoms with Crippen LogP contribution in [0.4, 0.5) is 0 Å². The van der Waals surface area contributed by atoms with Gasteiger partial charge in [0.1, 0.15) is 22.6 Å². The van der Waals surface area contributed by atoms with E-state index >= 15 is 0 Å². The maximum absolute atomic E-state index is 13.1. The standard InChI is InChI=1S/C38H20N8O2/c47-19-16-17-29(48)28(18-19)20-14-7-15-27-30(20)38-45-36-26-13-6-5-12-25(26)34(43-36)41-32-22-9-2-1-8-21(22)31(39-32)40-33-23-10-3-4-11-24(23)35(42-33)44-37(27)46-38/h1-18H,(H2,39,40,41,42,43,44,45,46). The second-order valence-corrected chi connectivity index (χ2v) is 11.6. The van der Waals surface area contributed by atoms with Crippen molar-refractivity contribution >= 4 is 61.3 Å². The zero-order valence-corrected chi connectivity index (χ0v) is 24.9. The molecule has 48 heavy (non-hydrogen) atoms. The summed E-state index contributed by atoms with van der Waals surface area (Å²) >= 11 is 0. The van der Waals surface area contributed by atoms with Crippen molar-refractivity contribution in [3.05, 3.63) is 115 Å². The van der Waals surface area contributed by atoms with Crippen LogP contribution in [0, 0.1) is 0 Å². The highest BCUT2D eigenvalue weighted by atomic mass is 16.1. The van der Waals surface area contributed by atoms with Gasteiger partial charge in [0.2, 0.25) is 0 Å². The zero-order valence-electron chi connectivity index (χ0n) is 24.9. The van der Waals surface area contributed by atoms with Crippen LogP contribution in [0.1, 0.15) is 5.56 Å². The number of aromatic nitrogens is 8. The molecular weight excluding hydrogens is 600 g/mol. The number of hydrogen-bond donors (Lipinski definition) is 2. The Bertz CT molecular complexity index is 2840. The third-order valence-corrected chi connectivity index (χ3v) is 8.82. The van der Waals surface area contributed by atoms with Gasteiger partial charge in [-0.15, -0.1) is 0 Å². The Hall–Kier alpha value is -6.94. The Morgan fingerprint density at radius 3 is 1.42 bits per heavy atom. The lowest BCUT2D eigenvalue weighted by atomic mass is 9.93. The summed E-state index contributed by atoms with van der Waals surface area (Å²) in [5.74, 6) is 1.40. The number of ketones is 2. The first-order valence-corrected chi connectivity index (χ1v) is 15.3. The third kappa shape index (κ3) is 3.86. The Balaban J connectivity index is 1.41. The van der Waals surface area contributed by atoms with E-state index in [4.69, 9.17) is 29.9 Å². The Labute approximate surface area is 270 Å². The molecule has 0 atom stereocenters. The van der Waals surface area contributed by atoms with Crippen molar-refractivity contribution in [2.24, 2.45) is 0 Å². The van der Waals surface area contributed by atoms with Gasteiger partial charge in [-0.25, -0.2) is 29.9 Å². The highest BCUT2D eigenvalue weighted by molar-refractivity contribution is 6.36. The number of nitrogens with one attached hydrogen (secondary N) is 2. The highest BCUT2D eigenvalue weighted by Crippen LogP contribution is 2.38. The van der Waals surface area contributed by atoms with Crippen LogP contribution in [0.2, 0.25) is 0 Å². The number of hydrogen-bond acceptors (Lipinski definition) is 8. The van der Waals surface area contributed by atoms with E-state index in [0.717, 1.165) is 33.0 Å². The van der Waals surface area contributed by atoms with E-state index in [1.807, 2.05) is 91.0 Å². The van der Waals surface area contributed by atoms with Crippen LogP contribution in [0.5, 0.6) is 0 Å². The number of carbonyl (C=O) groups excluding carboxylic acids is 2. The number of aromatic amines is 2. The number of carbonyl (C=O) groups is 2. The van der Waals surface area contributed by atoms with E-state index in [9.17, 15) is 9.59 Å². The van der Waals surface area contributed by atoms with Gasteiger partial charge in [0.05, 0.1) is 0 Å². The van der Waals surface area contributed by atoms with Crippen molar-refractivity contribution in [2.75, 3.05) is 0 Å². The van der Waals surface area contributed by atoms with Crippen molar-refractivity contribution in [1.29, 1.82) is 0 Å². The second kappa shape index (κ2) is 9.78. The molecule has 224 valence electrons. The van der Waals surface area contributed by atoms with E-state index < -0.39 is 0 Å². The van der Waals surface area contributed by atoms with Gasteiger partial charge in [-0.05, 0) is 23.8 Å². The fraction of sp³-hybridized carbons (Fsp3) is 0.